The summed E-state index contributed by atoms with van der Waals surface area (Å²) in [5, 5.41) is 8.38. The minimum absolute atomic E-state index is 0.0892. The first-order valence-electron chi connectivity index (χ1n) is 9.67. The lowest BCUT2D eigenvalue weighted by Gasteiger charge is -2.58. The van der Waals surface area contributed by atoms with Crippen molar-refractivity contribution in [1.82, 2.24) is 15.3 Å². The van der Waals surface area contributed by atoms with Gasteiger partial charge in [-0.15, -0.1) is 0 Å². The average Bonchev–Trinajstić information content (AvgIpc) is 2.70. The van der Waals surface area contributed by atoms with Gasteiger partial charge >= 0.3 is 0 Å². The molecule has 2 atom stereocenters. The van der Waals surface area contributed by atoms with E-state index in [1.807, 2.05) is 0 Å². The van der Waals surface area contributed by atoms with Crippen molar-refractivity contribution in [2.75, 3.05) is 20.1 Å². The molecule has 4 heteroatoms. The lowest BCUT2D eigenvalue weighted by atomic mass is 9.94. The van der Waals surface area contributed by atoms with Crippen LogP contribution in [0.3, 0.4) is 0 Å². The summed E-state index contributed by atoms with van der Waals surface area (Å²) in [6.07, 6.45) is 2.09. The molecule has 1 N–H and O–H groups in total. The van der Waals surface area contributed by atoms with E-state index in [1.165, 1.54) is 11.1 Å². The number of nitrogens with zero attached hydrogens (tertiary/aromatic N) is 2. The van der Waals surface area contributed by atoms with Crippen molar-refractivity contribution in [3.63, 3.8) is 0 Å². The lowest BCUT2D eigenvalue weighted by molar-refractivity contribution is -0.332. The number of likely N-dealkylation sites (N-methyl/N-ethyl adjacent to an activating group) is 1. The molecule has 2 fully saturated rings. The molecule has 4 nitrogen and oxygen atoms in total. The molecule has 138 valence electrons. The Morgan fingerprint density at radius 3 is 2.27 bits per heavy atom. The number of rotatable bonds is 3. The molecular weight excluding hydrogens is 322 g/mol. The van der Waals surface area contributed by atoms with E-state index >= 15 is 0 Å². The van der Waals surface area contributed by atoms with E-state index in [4.69, 9.17) is 4.74 Å². The van der Waals surface area contributed by atoms with Gasteiger partial charge in [-0.2, -0.15) is 0 Å². The highest BCUT2D eigenvalue weighted by molar-refractivity contribution is 5.21. The first-order chi connectivity index (χ1) is 12.7. The Labute approximate surface area is 156 Å². The number of nitrogens with one attached hydrogen (secondary N) is 1. The van der Waals surface area contributed by atoms with Crippen LogP contribution in [-0.4, -0.2) is 41.9 Å². The average molecular weight is 351 g/mol. The molecule has 2 heterocycles. The van der Waals surface area contributed by atoms with E-state index in [-0.39, 0.29) is 17.9 Å². The second-order valence-corrected chi connectivity index (χ2v) is 7.50. The summed E-state index contributed by atoms with van der Waals surface area (Å²) in [5.41, 5.74) is 2.35. The van der Waals surface area contributed by atoms with E-state index < -0.39 is 0 Å². The molecule has 2 saturated heterocycles. The fourth-order valence-electron chi connectivity index (χ4n) is 4.29. The van der Waals surface area contributed by atoms with Crippen LogP contribution < -0.4 is 5.32 Å². The van der Waals surface area contributed by atoms with Gasteiger partial charge in [-0.3, -0.25) is 0 Å². The third-order valence-corrected chi connectivity index (χ3v) is 5.91. The molecule has 4 rings (SSSR count). The number of hydrogen-bond acceptors (Lipinski definition) is 4. The van der Waals surface area contributed by atoms with Crippen LogP contribution in [-0.2, 0) is 11.3 Å². The molecule has 2 aromatic carbocycles. The fraction of sp³-hybridized carbons (Fsp3) is 0.455. The van der Waals surface area contributed by atoms with Crippen molar-refractivity contribution in [2.45, 2.75) is 44.2 Å². The Balaban J connectivity index is 1.67. The molecule has 0 saturated carbocycles. The molecule has 26 heavy (non-hydrogen) atoms. The van der Waals surface area contributed by atoms with Gasteiger partial charge in [-0.25, -0.2) is 10.0 Å². The number of hydrazine groups is 1. The molecule has 2 aliphatic heterocycles. The first kappa shape index (κ1) is 17.7. The van der Waals surface area contributed by atoms with Crippen molar-refractivity contribution in [2.24, 2.45) is 0 Å². The second kappa shape index (κ2) is 7.49. The van der Waals surface area contributed by atoms with E-state index in [1.54, 1.807) is 0 Å². The summed E-state index contributed by atoms with van der Waals surface area (Å²) in [4.78, 5) is 0. The van der Waals surface area contributed by atoms with Crippen LogP contribution in [0.1, 0.15) is 37.0 Å². The minimum Gasteiger partial charge on any atom is -0.349 e. The van der Waals surface area contributed by atoms with Crippen molar-refractivity contribution < 1.29 is 4.74 Å². The van der Waals surface area contributed by atoms with Crippen LogP contribution >= 0.6 is 0 Å². The molecule has 0 bridgehead atoms. The number of hydrogen-bond donors (Lipinski definition) is 1. The van der Waals surface area contributed by atoms with E-state index in [2.05, 4.69) is 90.0 Å². The third-order valence-electron chi connectivity index (χ3n) is 5.91. The highest BCUT2D eigenvalue weighted by atomic mass is 16.5. The van der Waals surface area contributed by atoms with Gasteiger partial charge in [0.2, 0.25) is 0 Å². The SMILES string of the molecule is CC1C(c2ccccc2)OC2(CCNCC2)N(Cc2ccccc2)N1C. The van der Waals surface area contributed by atoms with E-state index in [0.717, 1.165) is 32.5 Å². The lowest BCUT2D eigenvalue weighted by Crippen LogP contribution is -2.67. The van der Waals surface area contributed by atoms with Crippen LogP contribution in [0.25, 0.3) is 0 Å². The largest absolute Gasteiger partial charge is 0.349 e. The standard InChI is InChI=1S/C22H29N3O/c1-18-21(20-11-7-4-8-12-20)26-22(13-15-23-16-14-22)25(24(18)2)17-19-9-5-3-6-10-19/h3-12,18,21,23H,13-17H2,1-2H3. The highest BCUT2D eigenvalue weighted by Crippen LogP contribution is 2.43. The van der Waals surface area contributed by atoms with Crippen molar-refractivity contribution in [3.05, 3.63) is 71.8 Å². The molecule has 2 aliphatic rings. The Bertz CT molecular complexity index is 700. The van der Waals surface area contributed by atoms with Gasteiger partial charge in [0.15, 0.2) is 0 Å². The molecule has 0 radical (unpaired) electrons. The molecule has 0 amide bonds. The smallest absolute Gasteiger partial charge is 0.137 e. The predicted octanol–water partition coefficient (Wildman–Crippen LogP) is 3.58. The molecule has 2 aromatic rings. The zero-order valence-electron chi connectivity index (χ0n) is 15.8. The van der Waals surface area contributed by atoms with E-state index in [9.17, 15) is 0 Å². The molecule has 0 aromatic heterocycles. The Kier molecular flexibility index (Phi) is 5.09. The van der Waals surface area contributed by atoms with Gasteiger partial charge in [0.25, 0.3) is 0 Å². The number of ether oxygens (including phenoxy) is 1. The fourth-order valence-corrected chi connectivity index (χ4v) is 4.29. The van der Waals surface area contributed by atoms with Crippen LogP contribution in [0.2, 0.25) is 0 Å². The summed E-state index contributed by atoms with van der Waals surface area (Å²) < 4.78 is 6.91. The quantitative estimate of drug-likeness (QED) is 0.915. The van der Waals surface area contributed by atoms with Gasteiger partial charge in [0.05, 0.1) is 6.04 Å². The summed E-state index contributed by atoms with van der Waals surface area (Å²) >= 11 is 0. The molecule has 0 aliphatic carbocycles. The van der Waals surface area contributed by atoms with Crippen LogP contribution in [0, 0.1) is 0 Å². The van der Waals surface area contributed by atoms with Gasteiger partial charge in [0.1, 0.15) is 11.8 Å². The van der Waals surface area contributed by atoms with Gasteiger partial charge in [0, 0.05) is 26.4 Å². The van der Waals surface area contributed by atoms with Crippen LogP contribution in [0.4, 0.5) is 0 Å². The van der Waals surface area contributed by atoms with E-state index in [0.29, 0.717) is 0 Å². The maximum Gasteiger partial charge on any atom is 0.137 e. The number of benzene rings is 2. The summed E-state index contributed by atoms with van der Waals surface area (Å²) in [6, 6.07) is 21.7. The predicted molar refractivity (Wildman–Crippen MR) is 104 cm³/mol. The summed E-state index contributed by atoms with van der Waals surface area (Å²) in [6.45, 7) is 5.14. The second-order valence-electron chi connectivity index (χ2n) is 7.50. The Morgan fingerprint density at radius 1 is 1.00 bits per heavy atom. The zero-order chi connectivity index (χ0) is 18.0. The summed E-state index contributed by atoms with van der Waals surface area (Å²) in [7, 11) is 2.22. The normalized spacial score (nSPS) is 26.8. The highest BCUT2D eigenvalue weighted by Gasteiger charge is 2.49. The minimum atomic E-state index is -0.247. The van der Waals surface area contributed by atoms with Gasteiger partial charge in [-0.05, 0) is 31.1 Å². The number of piperidine rings is 1. The monoisotopic (exact) mass is 351 g/mol. The Morgan fingerprint density at radius 2 is 1.62 bits per heavy atom. The summed E-state index contributed by atoms with van der Waals surface area (Å²) in [5.74, 6) is 0. The topological polar surface area (TPSA) is 27.7 Å². The van der Waals surface area contributed by atoms with Gasteiger partial charge < -0.3 is 10.1 Å². The third kappa shape index (κ3) is 3.30. The van der Waals surface area contributed by atoms with Crippen molar-refractivity contribution in [1.29, 1.82) is 0 Å². The van der Waals surface area contributed by atoms with Crippen LogP contribution in [0.5, 0.6) is 0 Å². The molecule has 2 unspecified atom stereocenters. The molecule has 1 spiro atoms. The first-order valence-corrected chi connectivity index (χ1v) is 9.67. The van der Waals surface area contributed by atoms with Crippen molar-refractivity contribution in [3.8, 4) is 0 Å². The maximum absolute atomic E-state index is 6.91. The van der Waals surface area contributed by atoms with Crippen LogP contribution in [0.15, 0.2) is 60.7 Å². The Hall–Kier alpha value is -1.72. The maximum atomic E-state index is 6.91. The zero-order valence-corrected chi connectivity index (χ0v) is 15.8. The van der Waals surface area contributed by atoms with Crippen molar-refractivity contribution >= 4 is 0 Å². The van der Waals surface area contributed by atoms with Gasteiger partial charge in [-0.1, -0.05) is 60.7 Å². The molecular formula is C22H29N3O.